The van der Waals surface area contributed by atoms with Crippen LogP contribution in [0.25, 0.3) is 0 Å². The van der Waals surface area contributed by atoms with Crippen molar-refractivity contribution in [1.82, 2.24) is 5.32 Å². The zero-order valence-electron chi connectivity index (χ0n) is 10.7. The number of nitrogens with one attached hydrogen (secondary N) is 1. The summed E-state index contributed by atoms with van der Waals surface area (Å²) in [6.07, 6.45) is 0. The van der Waals surface area contributed by atoms with Crippen molar-refractivity contribution in [2.24, 2.45) is 10.8 Å². The molecule has 0 spiro atoms. The van der Waals surface area contributed by atoms with Gasteiger partial charge in [0.05, 0.1) is 0 Å². The Balaban J connectivity index is 2.07. The minimum Gasteiger partial charge on any atom is -0.348 e. The van der Waals surface area contributed by atoms with Crippen LogP contribution in [0, 0.1) is 14.4 Å². The van der Waals surface area contributed by atoms with Crippen molar-refractivity contribution in [3.63, 3.8) is 0 Å². The van der Waals surface area contributed by atoms with E-state index in [4.69, 9.17) is 0 Å². The van der Waals surface area contributed by atoms with E-state index >= 15 is 0 Å². The molecule has 0 radical (unpaired) electrons. The van der Waals surface area contributed by atoms with Crippen LogP contribution in [0.5, 0.6) is 0 Å². The van der Waals surface area contributed by atoms with E-state index in [-0.39, 0.29) is 22.8 Å². The van der Waals surface area contributed by atoms with Gasteiger partial charge in [0.2, 0.25) is 0 Å². The predicted molar refractivity (Wildman–Crippen MR) is 78.0 cm³/mol. The van der Waals surface area contributed by atoms with Gasteiger partial charge in [-0.25, -0.2) is 0 Å². The molecule has 1 aromatic carbocycles. The number of halogens is 1. The van der Waals surface area contributed by atoms with Crippen molar-refractivity contribution in [2.45, 2.75) is 33.7 Å². The first kappa shape index (κ1) is 12.9. The molecule has 3 heteroatoms. The SMILES string of the molecule is CC1(C)C(NC(=O)c2ccc(I)cc2)C1(C)C. The van der Waals surface area contributed by atoms with Gasteiger partial charge in [-0.15, -0.1) is 0 Å². The average Bonchev–Trinajstić information content (AvgIpc) is 2.62. The van der Waals surface area contributed by atoms with Gasteiger partial charge in [0.25, 0.3) is 5.91 Å². The van der Waals surface area contributed by atoms with Crippen molar-refractivity contribution in [1.29, 1.82) is 0 Å². The maximum atomic E-state index is 12.1. The van der Waals surface area contributed by atoms with Crippen LogP contribution in [0.4, 0.5) is 0 Å². The summed E-state index contributed by atoms with van der Waals surface area (Å²) in [5.74, 6) is 0.0325. The van der Waals surface area contributed by atoms with E-state index in [9.17, 15) is 4.79 Å². The van der Waals surface area contributed by atoms with E-state index in [1.54, 1.807) is 0 Å². The van der Waals surface area contributed by atoms with Crippen LogP contribution in [0.1, 0.15) is 38.1 Å². The second kappa shape index (κ2) is 3.97. The zero-order chi connectivity index (χ0) is 12.8. The minimum absolute atomic E-state index is 0.0325. The third kappa shape index (κ3) is 2.09. The fourth-order valence-electron chi connectivity index (χ4n) is 2.37. The lowest BCUT2D eigenvalue weighted by atomic mass is 10.0. The zero-order valence-corrected chi connectivity index (χ0v) is 12.8. The van der Waals surface area contributed by atoms with Gasteiger partial charge < -0.3 is 5.32 Å². The van der Waals surface area contributed by atoms with Crippen LogP contribution in [0.15, 0.2) is 24.3 Å². The number of hydrogen-bond donors (Lipinski definition) is 1. The first-order valence-electron chi connectivity index (χ1n) is 5.83. The fourth-order valence-corrected chi connectivity index (χ4v) is 2.73. The Labute approximate surface area is 116 Å². The number of rotatable bonds is 2. The maximum Gasteiger partial charge on any atom is 0.251 e. The van der Waals surface area contributed by atoms with E-state index in [0.717, 1.165) is 9.13 Å². The molecule has 1 aliphatic rings. The summed E-state index contributed by atoms with van der Waals surface area (Å²) in [5.41, 5.74) is 1.11. The first-order valence-corrected chi connectivity index (χ1v) is 6.91. The minimum atomic E-state index is 0.0325. The molecule has 1 aromatic rings. The lowest BCUT2D eigenvalue weighted by Gasteiger charge is -2.06. The smallest absolute Gasteiger partial charge is 0.251 e. The van der Waals surface area contributed by atoms with E-state index in [1.807, 2.05) is 24.3 Å². The Hall–Kier alpha value is -0.580. The van der Waals surface area contributed by atoms with Crippen molar-refractivity contribution in [3.05, 3.63) is 33.4 Å². The molecule has 0 unspecified atom stereocenters. The quantitative estimate of drug-likeness (QED) is 0.819. The first-order chi connectivity index (χ1) is 7.76. The number of hydrogen-bond acceptors (Lipinski definition) is 1. The predicted octanol–water partition coefficient (Wildman–Crippen LogP) is 3.46. The highest BCUT2D eigenvalue weighted by Gasteiger charge is 2.65. The van der Waals surface area contributed by atoms with E-state index in [2.05, 4.69) is 55.6 Å². The molecule has 0 aliphatic heterocycles. The summed E-state index contributed by atoms with van der Waals surface area (Å²) in [6.45, 7) is 8.80. The van der Waals surface area contributed by atoms with Gasteiger partial charge in [0.15, 0.2) is 0 Å². The van der Waals surface area contributed by atoms with Crippen molar-refractivity contribution in [2.75, 3.05) is 0 Å². The van der Waals surface area contributed by atoms with Crippen LogP contribution in [0.2, 0.25) is 0 Å². The van der Waals surface area contributed by atoms with Gasteiger partial charge >= 0.3 is 0 Å². The van der Waals surface area contributed by atoms with E-state index in [0.29, 0.717) is 0 Å². The Bertz CT molecular complexity index is 434. The molecular weight excluding hydrogens is 325 g/mol. The second-order valence-electron chi connectivity index (χ2n) is 5.86. The van der Waals surface area contributed by atoms with Crippen LogP contribution in [0.3, 0.4) is 0 Å². The summed E-state index contributed by atoms with van der Waals surface area (Å²) in [6, 6.07) is 7.93. The molecule has 1 fully saturated rings. The van der Waals surface area contributed by atoms with Crippen molar-refractivity contribution < 1.29 is 4.79 Å². The van der Waals surface area contributed by atoms with Gasteiger partial charge in [-0.2, -0.15) is 0 Å². The Kier molecular flexibility index (Phi) is 3.00. The lowest BCUT2D eigenvalue weighted by Crippen LogP contribution is -2.29. The molecule has 0 heterocycles. The molecular formula is C14H18INO. The molecule has 0 atom stereocenters. The Morgan fingerprint density at radius 3 is 2.00 bits per heavy atom. The standard InChI is InChI=1S/C14H18INO/c1-13(2)12(14(13,3)4)16-11(17)9-5-7-10(15)8-6-9/h5-8,12H,1-4H3,(H,16,17). The monoisotopic (exact) mass is 343 g/mol. The number of amides is 1. The molecule has 2 nitrogen and oxygen atoms in total. The van der Waals surface area contributed by atoms with Crippen LogP contribution >= 0.6 is 22.6 Å². The highest BCUT2D eigenvalue weighted by molar-refractivity contribution is 14.1. The number of benzene rings is 1. The summed E-state index contributed by atoms with van der Waals surface area (Å²) >= 11 is 2.24. The van der Waals surface area contributed by atoms with E-state index in [1.165, 1.54) is 0 Å². The van der Waals surface area contributed by atoms with Crippen molar-refractivity contribution >= 4 is 28.5 Å². The summed E-state index contributed by atoms with van der Waals surface area (Å²) in [4.78, 5) is 12.1. The second-order valence-corrected chi connectivity index (χ2v) is 7.10. The van der Waals surface area contributed by atoms with Crippen LogP contribution in [-0.4, -0.2) is 11.9 Å². The van der Waals surface area contributed by atoms with Gasteiger partial charge in [-0.1, -0.05) is 27.7 Å². The third-order valence-corrected chi connectivity index (χ3v) is 5.12. The van der Waals surface area contributed by atoms with Crippen molar-refractivity contribution in [3.8, 4) is 0 Å². The molecule has 0 saturated heterocycles. The molecule has 1 saturated carbocycles. The third-order valence-electron chi connectivity index (χ3n) is 4.40. The Morgan fingerprint density at radius 2 is 1.59 bits per heavy atom. The average molecular weight is 343 g/mol. The van der Waals surface area contributed by atoms with Gasteiger partial charge in [0, 0.05) is 15.2 Å². The van der Waals surface area contributed by atoms with Crippen LogP contribution < -0.4 is 5.32 Å². The highest BCUT2D eigenvalue weighted by atomic mass is 127. The lowest BCUT2D eigenvalue weighted by molar-refractivity contribution is 0.0943. The van der Waals surface area contributed by atoms with Gasteiger partial charge in [-0.3, -0.25) is 4.79 Å². The largest absolute Gasteiger partial charge is 0.348 e. The molecule has 1 N–H and O–H groups in total. The van der Waals surface area contributed by atoms with Crippen LogP contribution in [-0.2, 0) is 0 Å². The molecule has 1 aliphatic carbocycles. The topological polar surface area (TPSA) is 29.1 Å². The summed E-state index contributed by atoms with van der Waals surface area (Å²) in [7, 11) is 0. The molecule has 0 bridgehead atoms. The number of carbonyl (C=O) groups is 1. The molecule has 92 valence electrons. The summed E-state index contributed by atoms with van der Waals surface area (Å²) < 4.78 is 1.14. The highest BCUT2D eigenvalue weighted by Crippen LogP contribution is 2.62. The summed E-state index contributed by atoms with van der Waals surface area (Å²) in [5, 5.41) is 3.13. The molecule has 0 aromatic heterocycles. The number of carbonyl (C=O) groups excluding carboxylic acids is 1. The fraction of sp³-hybridized carbons (Fsp3) is 0.500. The molecule has 17 heavy (non-hydrogen) atoms. The normalized spacial score (nSPS) is 21.0. The van der Waals surface area contributed by atoms with E-state index < -0.39 is 0 Å². The molecule has 2 rings (SSSR count). The Morgan fingerprint density at radius 1 is 1.12 bits per heavy atom. The maximum absolute atomic E-state index is 12.1. The van der Waals surface area contributed by atoms with Gasteiger partial charge in [0.1, 0.15) is 0 Å². The molecule has 1 amide bonds. The van der Waals surface area contributed by atoms with Gasteiger partial charge in [-0.05, 0) is 57.7 Å².